The van der Waals surface area contributed by atoms with Crippen molar-refractivity contribution in [1.82, 2.24) is 25.1 Å². The Morgan fingerprint density at radius 2 is 1.87 bits per heavy atom. The average Bonchev–Trinajstić information content (AvgIpc) is 3.10. The maximum atomic E-state index is 11.2. The molecule has 1 fully saturated rings. The molecule has 3 aromatic rings. The summed E-state index contributed by atoms with van der Waals surface area (Å²) in [4.78, 5) is 20.3. The van der Waals surface area contributed by atoms with Crippen LogP contribution < -0.4 is 16.4 Å². The fourth-order valence-corrected chi connectivity index (χ4v) is 3.90. The molecule has 0 radical (unpaired) electrons. The number of carbonyl (C=O) groups excluding carboxylic acids is 1. The van der Waals surface area contributed by atoms with E-state index in [0.29, 0.717) is 24.4 Å². The summed E-state index contributed by atoms with van der Waals surface area (Å²) in [6, 6.07) is 12.5. The lowest BCUT2D eigenvalue weighted by molar-refractivity contribution is -0.119. The lowest BCUT2D eigenvalue weighted by Crippen LogP contribution is -2.39. The number of benzene rings is 1. The Morgan fingerprint density at radius 1 is 1.13 bits per heavy atom. The molecule has 8 heteroatoms. The summed E-state index contributed by atoms with van der Waals surface area (Å²) >= 11 is 0. The third-order valence-corrected chi connectivity index (χ3v) is 5.45. The minimum absolute atomic E-state index is 0.0350. The Balaban J connectivity index is 1.42. The fraction of sp³-hybridized carbons (Fsp3) is 0.364. The molecule has 1 aliphatic rings. The highest BCUT2D eigenvalue weighted by molar-refractivity contribution is 5.73. The minimum atomic E-state index is 0.0350. The molecule has 2 aromatic heterocycles. The molecule has 0 aliphatic heterocycles. The SMILES string of the molecule is CC(=O)N[C@H]1CC[C@H](Nc2nccc(-c3cnn(Cc4ccccc4)c3N)n2)CC1. The molecule has 1 saturated carbocycles. The van der Waals surface area contributed by atoms with Crippen molar-refractivity contribution in [3.05, 3.63) is 54.4 Å². The van der Waals surface area contributed by atoms with Gasteiger partial charge in [0.15, 0.2) is 0 Å². The van der Waals surface area contributed by atoms with Crippen molar-refractivity contribution in [3.63, 3.8) is 0 Å². The van der Waals surface area contributed by atoms with Crippen LogP contribution >= 0.6 is 0 Å². The molecule has 4 N–H and O–H groups in total. The largest absolute Gasteiger partial charge is 0.383 e. The molecule has 2 heterocycles. The first kappa shape index (κ1) is 19.9. The summed E-state index contributed by atoms with van der Waals surface area (Å²) in [6.45, 7) is 2.18. The number of hydrogen-bond acceptors (Lipinski definition) is 6. The zero-order valence-electron chi connectivity index (χ0n) is 17.1. The highest BCUT2D eigenvalue weighted by atomic mass is 16.1. The van der Waals surface area contributed by atoms with Gasteiger partial charge in [-0.15, -0.1) is 0 Å². The van der Waals surface area contributed by atoms with E-state index in [0.717, 1.165) is 42.5 Å². The summed E-state index contributed by atoms with van der Waals surface area (Å²) in [5, 5.41) is 10.9. The molecule has 0 saturated heterocycles. The van der Waals surface area contributed by atoms with Crippen molar-refractivity contribution in [3.8, 4) is 11.3 Å². The summed E-state index contributed by atoms with van der Waals surface area (Å²) < 4.78 is 1.78. The highest BCUT2D eigenvalue weighted by Gasteiger charge is 2.22. The van der Waals surface area contributed by atoms with E-state index in [1.54, 1.807) is 24.0 Å². The van der Waals surface area contributed by atoms with Gasteiger partial charge in [-0.2, -0.15) is 5.10 Å². The zero-order valence-corrected chi connectivity index (χ0v) is 17.1. The second-order valence-corrected chi connectivity index (χ2v) is 7.75. The van der Waals surface area contributed by atoms with Crippen molar-refractivity contribution >= 4 is 17.7 Å². The van der Waals surface area contributed by atoms with E-state index >= 15 is 0 Å². The van der Waals surface area contributed by atoms with E-state index in [9.17, 15) is 4.79 Å². The number of anilines is 2. The number of nitrogens with two attached hydrogens (primary N) is 1. The average molecular weight is 406 g/mol. The van der Waals surface area contributed by atoms with Gasteiger partial charge in [0.25, 0.3) is 0 Å². The Bertz CT molecular complexity index is 994. The molecular weight excluding hydrogens is 378 g/mol. The molecule has 30 heavy (non-hydrogen) atoms. The maximum absolute atomic E-state index is 11.2. The summed E-state index contributed by atoms with van der Waals surface area (Å²) in [5.74, 6) is 1.21. The van der Waals surface area contributed by atoms with E-state index in [2.05, 4.69) is 25.7 Å². The van der Waals surface area contributed by atoms with E-state index in [-0.39, 0.29) is 11.9 Å². The maximum Gasteiger partial charge on any atom is 0.223 e. The van der Waals surface area contributed by atoms with Gasteiger partial charge in [0, 0.05) is 25.2 Å². The van der Waals surface area contributed by atoms with Gasteiger partial charge in [0.2, 0.25) is 11.9 Å². The van der Waals surface area contributed by atoms with Gasteiger partial charge >= 0.3 is 0 Å². The van der Waals surface area contributed by atoms with Crippen molar-refractivity contribution in [2.45, 2.75) is 51.2 Å². The first-order valence-corrected chi connectivity index (χ1v) is 10.3. The van der Waals surface area contributed by atoms with Crippen LogP contribution in [0.1, 0.15) is 38.2 Å². The van der Waals surface area contributed by atoms with Crippen LogP contribution in [0.5, 0.6) is 0 Å². The minimum Gasteiger partial charge on any atom is -0.383 e. The Morgan fingerprint density at radius 3 is 2.60 bits per heavy atom. The number of nitrogen functional groups attached to an aromatic ring is 1. The number of carbonyl (C=O) groups is 1. The Labute approximate surface area is 175 Å². The predicted molar refractivity (Wildman–Crippen MR) is 117 cm³/mol. The van der Waals surface area contributed by atoms with Gasteiger partial charge < -0.3 is 16.4 Å². The third kappa shape index (κ3) is 4.76. The first-order valence-electron chi connectivity index (χ1n) is 10.3. The van der Waals surface area contributed by atoms with E-state index < -0.39 is 0 Å². The van der Waals surface area contributed by atoms with Crippen LogP contribution in [0.2, 0.25) is 0 Å². The Kier molecular flexibility index (Phi) is 5.92. The van der Waals surface area contributed by atoms with Crippen molar-refractivity contribution in [2.24, 2.45) is 0 Å². The predicted octanol–water partition coefficient (Wildman–Crippen LogP) is 2.83. The molecule has 0 atom stereocenters. The number of amides is 1. The fourth-order valence-electron chi connectivity index (χ4n) is 3.90. The molecule has 0 unspecified atom stereocenters. The van der Waals surface area contributed by atoms with Crippen LogP contribution in [-0.4, -0.2) is 37.7 Å². The van der Waals surface area contributed by atoms with Gasteiger partial charge in [-0.25, -0.2) is 14.6 Å². The highest BCUT2D eigenvalue weighted by Crippen LogP contribution is 2.26. The molecule has 1 aromatic carbocycles. The summed E-state index contributed by atoms with van der Waals surface area (Å²) in [7, 11) is 0. The summed E-state index contributed by atoms with van der Waals surface area (Å²) in [5.41, 5.74) is 9.04. The normalized spacial score (nSPS) is 18.7. The van der Waals surface area contributed by atoms with Crippen LogP contribution in [0.4, 0.5) is 11.8 Å². The topological polar surface area (TPSA) is 111 Å². The second-order valence-electron chi connectivity index (χ2n) is 7.75. The number of rotatable bonds is 6. The van der Waals surface area contributed by atoms with Crippen molar-refractivity contribution in [1.29, 1.82) is 0 Å². The number of nitrogens with zero attached hydrogens (tertiary/aromatic N) is 4. The molecular formula is C22H27N7O. The standard InChI is InChI=1S/C22H27N7O/c1-15(30)26-17-7-9-18(10-8-17)27-22-24-12-11-20(28-22)19-13-25-29(21(19)23)14-16-5-3-2-4-6-16/h2-6,11-13,17-18H,7-10,14,23H2,1H3,(H,26,30)(H,24,27,28)/t17-,18-. The van der Waals surface area contributed by atoms with E-state index in [1.165, 1.54) is 0 Å². The van der Waals surface area contributed by atoms with Gasteiger partial charge in [0.1, 0.15) is 5.82 Å². The zero-order chi connectivity index (χ0) is 20.9. The van der Waals surface area contributed by atoms with E-state index in [1.807, 2.05) is 36.4 Å². The molecule has 0 bridgehead atoms. The van der Waals surface area contributed by atoms with Crippen LogP contribution in [0.15, 0.2) is 48.8 Å². The summed E-state index contributed by atoms with van der Waals surface area (Å²) in [6.07, 6.45) is 7.34. The number of hydrogen-bond donors (Lipinski definition) is 3. The van der Waals surface area contributed by atoms with Crippen LogP contribution in [0, 0.1) is 0 Å². The second kappa shape index (κ2) is 8.94. The van der Waals surface area contributed by atoms with Crippen LogP contribution in [0.3, 0.4) is 0 Å². The molecule has 0 spiro atoms. The van der Waals surface area contributed by atoms with Crippen molar-refractivity contribution in [2.75, 3.05) is 11.1 Å². The quantitative estimate of drug-likeness (QED) is 0.582. The third-order valence-electron chi connectivity index (χ3n) is 5.45. The lowest BCUT2D eigenvalue weighted by Gasteiger charge is -2.29. The number of nitrogens with one attached hydrogen (secondary N) is 2. The monoisotopic (exact) mass is 405 g/mol. The molecule has 156 valence electrons. The van der Waals surface area contributed by atoms with Crippen molar-refractivity contribution < 1.29 is 4.79 Å². The molecule has 4 rings (SSSR count). The molecule has 1 aliphatic carbocycles. The lowest BCUT2D eigenvalue weighted by atomic mass is 9.91. The smallest absolute Gasteiger partial charge is 0.223 e. The van der Waals surface area contributed by atoms with Gasteiger partial charge in [-0.05, 0) is 37.3 Å². The first-order chi connectivity index (χ1) is 14.6. The molecule has 1 amide bonds. The number of aromatic nitrogens is 4. The van der Waals surface area contributed by atoms with Crippen LogP contribution in [-0.2, 0) is 11.3 Å². The van der Waals surface area contributed by atoms with Crippen LogP contribution in [0.25, 0.3) is 11.3 Å². The molecule has 8 nitrogen and oxygen atoms in total. The van der Waals surface area contributed by atoms with Gasteiger partial charge in [-0.1, -0.05) is 30.3 Å². The van der Waals surface area contributed by atoms with Gasteiger partial charge in [0.05, 0.1) is 24.0 Å². The van der Waals surface area contributed by atoms with Gasteiger partial charge in [-0.3, -0.25) is 4.79 Å². The Hall–Kier alpha value is -3.42. The van der Waals surface area contributed by atoms with E-state index in [4.69, 9.17) is 5.73 Å².